The average Bonchev–Trinajstić information content (AvgIpc) is 2.75. The highest BCUT2D eigenvalue weighted by Crippen LogP contribution is 2.29. The molecular formula is C23H22N2O3. The fraction of sp³-hybridized carbons (Fsp3) is 0.217. The van der Waals surface area contributed by atoms with Crippen LogP contribution in [0.25, 0.3) is 10.8 Å². The van der Waals surface area contributed by atoms with E-state index in [0.717, 1.165) is 16.5 Å². The summed E-state index contributed by atoms with van der Waals surface area (Å²) in [4.78, 5) is 29.5. The zero-order valence-electron chi connectivity index (χ0n) is 16.0. The van der Waals surface area contributed by atoms with Crippen molar-refractivity contribution in [3.05, 3.63) is 72.3 Å². The van der Waals surface area contributed by atoms with E-state index in [9.17, 15) is 9.59 Å². The second-order valence-electron chi connectivity index (χ2n) is 6.89. The van der Waals surface area contributed by atoms with E-state index in [-0.39, 0.29) is 11.8 Å². The molecule has 4 rings (SSSR count). The van der Waals surface area contributed by atoms with Crippen molar-refractivity contribution in [2.75, 3.05) is 25.1 Å². The summed E-state index contributed by atoms with van der Waals surface area (Å²) in [5, 5.41) is 2.14. The average molecular weight is 374 g/mol. The Kier molecular flexibility index (Phi) is 4.74. The van der Waals surface area contributed by atoms with E-state index in [1.54, 1.807) is 48.1 Å². The summed E-state index contributed by atoms with van der Waals surface area (Å²) in [6.45, 7) is 2.75. The van der Waals surface area contributed by atoms with Gasteiger partial charge in [0.15, 0.2) is 0 Å². The molecule has 0 bridgehead atoms. The van der Waals surface area contributed by atoms with Crippen LogP contribution in [0.4, 0.5) is 5.69 Å². The minimum absolute atomic E-state index is 0.0653. The van der Waals surface area contributed by atoms with Crippen LogP contribution < -0.4 is 9.64 Å². The Bertz CT molecular complexity index is 1020. The highest BCUT2D eigenvalue weighted by molar-refractivity contribution is 6.08. The smallest absolute Gasteiger partial charge is 0.254 e. The minimum atomic E-state index is -0.526. The first kappa shape index (κ1) is 18.0. The molecule has 1 fully saturated rings. The largest absolute Gasteiger partial charge is 0.497 e. The van der Waals surface area contributed by atoms with Crippen molar-refractivity contribution in [1.82, 2.24) is 4.90 Å². The molecule has 0 spiro atoms. The standard InChI is InChI=1S/C23H22N2O3/c1-16-22(26)25(21-9-5-7-17-6-3-4-8-20(17)21)15-14-24(16)23(27)18-10-12-19(28-2)13-11-18/h3-13,16H,14-15H2,1-2H3/t16-/m1/s1. The van der Waals surface area contributed by atoms with Crippen molar-refractivity contribution in [1.29, 1.82) is 0 Å². The third-order valence-corrected chi connectivity index (χ3v) is 5.31. The van der Waals surface area contributed by atoms with E-state index in [4.69, 9.17) is 4.74 Å². The van der Waals surface area contributed by atoms with E-state index in [0.29, 0.717) is 24.4 Å². The fourth-order valence-corrected chi connectivity index (χ4v) is 3.73. The molecule has 0 aliphatic carbocycles. The molecule has 0 aromatic heterocycles. The zero-order chi connectivity index (χ0) is 19.7. The van der Waals surface area contributed by atoms with Gasteiger partial charge in [0.2, 0.25) is 5.91 Å². The van der Waals surface area contributed by atoms with E-state index >= 15 is 0 Å². The Morgan fingerprint density at radius 3 is 2.43 bits per heavy atom. The van der Waals surface area contributed by atoms with Gasteiger partial charge in [0, 0.05) is 24.0 Å². The van der Waals surface area contributed by atoms with Crippen LogP contribution in [0.2, 0.25) is 0 Å². The van der Waals surface area contributed by atoms with Crippen LogP contribution in [0, 0.1) is 0 Å². The number of anilines is 1. The summed E-state index contributed by atoms with van der Waals surface area (Å²) < 4.78 is 5.15. The van der Waals surface area contributed by atoms with Gasteiger partial charge in [-0.2, -0.15) is 0 Å². The molecule has 1 aliphatic heterocycles. The molecule has 0 N–H and O–H groups in total. The molecule has 0 saturated carbocycles. The number of hydrogen-bond donors (Lipinski definition) is 0. The Labute approximate surface area is 164 Å². The van der Waals surface area contributed by atoms with Crippen molar-refractivity contribution in [3.8, 4) is 5.75 Å². The van der Waals surface area contributed by atoms with Crippen molar-refractivity contribution in [3.63, 3.8) is 0 Å². The third kappa shape index (κ3) is 3.09. The van der Waals surface area contributed by atoms with Gasteiger partial charge >= 0.3 is 0 Å². The van der Waals surface area contributed by atoms with Gasteiger partial charge in [-0.15, -0.1) is 0 Å². The number of amides is 2. The number of piperazine rings is 1. The van der Waals surface area contributed by atoms with E-state index in [1.165, 1.54) is 0 Å². The summed E-state index contributed by atoms with van der Waals surface area (Å²) in [6.07, 6.45) is 0. The molecule has 2 amide bonds. The highest BCUT2D eigenvalue weighted by atomic mass is 16.5. The second kappa shape index (κ2) is 7.35. The molecule has 1 aliphatic rings. The zero-order valence-corrected chi connectivity index (χ0v) is 16.0. The fourth-order valence-electron chi connectivity index (χ4n) is 3.73. The van der Waals surface area contributed by atoms with Gasteiger partial charge in [-0.05, 0) is 42.6 Å². The van der Waals surface area contributed by atoms with Gasteiger partial charge in [0.25, 0.3) is 5.91 Å². The molecule has 28 heavy (non-hydrogen) atoms. The Morgan fingerprint density at radius 1 is 0.964 bits per heavy atom. The first-order chi connectivity index (χ1) is 13.6. The van der Waals surface area contributed by atoms with Crippen molar-refractivity contribution < 1.29 is 14.3 Å². The molecule has 0 radical (unpaired) electrons. The summed E-state index contributed by atoms with van der Waals surface area (Å²) in [6, 6.07) is 20.4. The molecule has 142 valence electrons. The maximum Gasteiger partial charge on any atom is 0.254 e. The summed E-state index contributed by atoms with van der Waals surface area (Å²) in [5.74, 6) is 0.493. The first-order valence-corrected chi connectivity index (χ1v) is 9.34. The molecule has 1 saturated heterocycles. The highest BCUT2D eigenvalue weighted by Gasteiger charge is 2.35. The van der Waals surface area contributed by atoms with Crippen LogP contribution in [-0.2, 0) is 4.79 Å². The Hall–Kier alpha value is -3.34. The molecule has 5 nitrogen and oxygen atoms in total. The van der Waals surface area contributed by atoms with Gasteiger partial charge in [-0.25, -0.2) is 0 Å². The number of nitrogens with zero attached hydrogens (tertiary/aromatic N) is 2. The molecule has 1 atom stereocenters. The van der Waals surface area contributed by atoms with Crippen LogP contribution in [0.5, 0.6) is 5.75 Å². The summed E-state index contributed by atoms with van der Waals surface area (Å²) in [5.41, 5.74) is 1.45. The third-order valence-electron chi connectivity index (χ3n) is 5.31. The molecular weight excluding hydrogens is 352 g/mol. The SMILES string of the molecule is COc1ccc(C(=O)N2CCN(c3cccc4ccccc34)C(=O)[C@H]2C)cc1. The maximum atomic E-state index is 13.1. The van der Waals surface area contributed by atoms with E-state index < -0.39 is 6.04 Å². The Morgan fingerprint density at radius 2 is 1.68 bits per heavy atom. The molecule has 0 unspecified atom stereocenters. The molecule has 3 aromatic carbocycles. The van der Waals surface area contributed by atoms with Crippen LogP contribution in [0.15, 0.2) is 66.7 Å². The number of ether oxygens (including phenoxy) is 1. The second-order valence-corrected chi connectivity index (χ2v) is 6.89. The minimum Gasteiger partial charge on any atom is -0.497 e. The van der Waals surface area contributed by atoms with Crippen LogP contribution in [0.3, 0.4) is 0 Å². The van der Waals surface area contributed by atoms with Gasteiger partial charge in [0.1, 0.15) is 11.8 Å². The predicted octanol–water partition coefficient (Wildman–Crippen LogP) is 3.73. The lowest BCUT2D eigenvalue weighted by atomic mass is 10.0. The van der Waals surface area contributed by atoms with Gasteiger partial charge in [-0.3, -0.25) is 9.59 Å². The number of carbonyl (C=O) groups excluding carboxylic acids is 2. The van der Waals surface area contributed by atoms with Crippen molar-refractivity contribution in [2.45, 2.75) is 13.0 Å². The quantitative estimate of drug-likeness (QED) is 0.702. The Balaban J connectivity index is 1.59. The lowest BCUT2D eigenvalue weighted by Crippen LogP contribution is -2.57. The number of benzene rings is 3. The number of carbonyl (C=O) groups is 2. The van der Waals surface area contributed by atoms with Crippen molar-refractivity contribution >= 4 is 28.3 Å². The normalized spacial score (nSPS) is 17.1. The van der Waals surface area contributed by atoms with Crippen LogP contribution in [-0.4, -0.2) is 43.0 Å². The maximum absolute atomic E-state index is 13.1. The van der Waals surface area contributed by atoms with E-state index in [2.05, 4.69) is 0 Å². The molecule has 3 aromatic rings. The van der Waals surface area contributed by atoms with Crippen molar-refractivity contribution in [2.24, 2.45) is 0 Å². The number of methoxy groups -OCH3 is 1. The monoisotopic (exact) mass is 374 g/mol. The number of fused-ring (bicyclic) bond motifs is 1. The topological polar surface area (TPSA) is 49.9 Å². The predicted molar refractivity (Wildman–Crippen MR) is 110 cm³/mol. The summed E-state index contributed by atoms with van der Waals surface area (Å²) in [7, 11) is 1.59. The van der Waals surface area contributed by atoms with Crippen LogP contribution in [0.1, 0.15) is 17.3 Å². The lowest BCUT2D eigenvalue weighted by molar-refractivity contribution is -0.124. The van der Waals surface area contributed by atoms with Gasteiger partial charge in [0.05, 0.1) is 12.8 Å². The number of rotatable bonds is 3. The molecule has 1 heterocycles. The first-order valence-electron chi connectivity index (χ1n) is 9.34. The summed E-state index contributed by atoms with van der Waals surface area (Å²) >= 11 is 0. The lowest BCUT2D eigenvalue weighted by Gasteiger charge is -2.39. The van der Waals surface area contributed by atoms with Gasteiger partial charge < -0.3 is 14.5 Å². The van der Waals surface area contributed by atoms with Gasteiger partial charge in [-0.1, -0.05) is 36.4 Å². The number of hydrogen-bond acceptors (Lipinski definition) is 3. The molecule has 5 heteroatoms. The van der Waals surface area contributed by atoms with E-state index in [1.807, 2.05) is 42.5 Å². The van der Waals surface area contributed by atoms with Crippen LogP contribution >= 0.6 is 0 Å².